The molecule has 1 rings (SSSR count). The lowest BCUT2D eigenvalue weighted by Crippen LogP contribution is -2.25. The van der Waals surface area contributed by atoms with Gasteiger partial charge in [-0.1, -0.05) is 12.1 Å². The number of rotatable bonds is 4. The van der Waals surface area contributed by atoms with Crippen molar-refractivity contribution in [3.63, 3.8) is 0 Å². The van der Waals surface area contributed by atoms with Crippen molar-refractivity contribution < 1.29 is 9.47 Å². The number of ether oxygens (including phenoxy) is 2. The lowest BCUT2D eigenvalue weighted by molar-refractivity contribution is 0.0853. The average Bonchev–Trinajstić information content (AvgIpc) is 2.19. The highest BCUT2D eigenvalue weighted by Gasteiger charge is 2.14. The van der Waals surface area contributed by atoms with Crippen molar-refractivity contribution >= 4 is 0 Å². The Morgan fingerprint density at radius 1 is 1.14 bits per heavy atom. The molecule has 0 saturated heterocycles. The van der Waals surface area contributed by atoms with Crippen LogP contribution in [-0.4, -0.2) is 20.3 Å². The molecule has 0 unspecified atom stereocenters. The zero-order chi connectivity index (χ0) is 10.6. The zero-order valence-electron chi connectivity index (χ0n) is 8.86. The maximum atomic E-state index is 5.79. The fourth-order valence-electron chi connectivity index (χ4n) is 1.45. The van der Waals surface area contributed by atoms with Gasteiger partial charge in [0.2, 0.25) is 0 Å². The highest BCUT2D eigenvalue weighted by molar-refractivity contribution is 5.29. The Hall–Kier alpha value is -1.06. The van der Waals surface area contributed by atoms with Crippen LogP contribution < -0.4 is 10.5 Å². The molecule has 0 radical (unpaired) electrons. The van der Waals surface area contributed by atoms with E-state index in [9.17, 15) is 0 Å². The van der Waals surface area contributed by atoms with Crippen LogP contribution in [0.2, 0.25) is 0 Å². The van der Waals surface area contributed by atoms with Crippen LogP contribution in [0, 0.1) is 0 Å². The molecule has 0 aliphatic carbocycles. The fraction of sp³-hybridized carbons (Fsp3) is 0.455. The van der Waals surface area contributed by atoms with E-state index in [4.69, 9.17) is 15.2 Å². The lowest BCUT2D eigenvalue weighted by Gasteiger charge is -2.19. The molecule has 3 nitrogen and oxygen atoms in total. The number of hydrogen-bond donors (Lipinski definition) is 1. The second kappa shape index (κ2) is 4.98. The van der Waals surface area contributed by atoms with Crippen molar-refractivity contribution in [2.24, 2.45) is 5.73 Å². The third-order valence-electron chi connectivity index (χ3n) is 2.18. The van der Waals surface area contributed by atoms with E-state index in [2.05, 4.69) is 0 Å². The highest BCUT2D eigenvalue weighted by Crippen LogP contribution is 2.21. The van der Waals surface area contributed by atoms with Crippen LogP contribution in [-0.2, 0) is 4.74 Å². The molecule has 2 N–H and O–H groups in total. The van der Waals surface area contributed by atoms with Crippen molar-refractivity contribution in [1.82, 2.24) is 0 Å². The summed E-state index contributed by atoms with van der Waals surface area (Å²) in [5, 5.41) is 0. The van der Waals surface area contributed by atoms with Crippen LogP contribution in [0.1, 0.15) is 18.6 Å². The van der Waals surface area contributed by atoms with Crippen LogP contribution in [0.4, 0.5) is 0 Å². The van der Waals surface area contributed by atoms with Gasteiger partial charge in [-0.05, 0) is 24.6 Å². The van der Waals surface area contributed by atoms with Gasteiger partial charge < -0.3 is 15.2 Å². The van der Waals surface area contributed by atoms with Crippen molar-refractivity contribution in [1.29, 1.82) is 0 Å². The molecule has 2 atom stereocenters. The molecule has 0 aliphatic heterocycles. The first-order valence-corrected chi connectivity index (χ1v) is 4.61. The Labute approximate surface area is 84.8 Å². The molecule has 78 valence electrons. The summed E-state index contributed by atoms with van der Waals surface area (Å²) in [7, 11) is 3.31. The summed E-state index contributed by atoms with van der Waals surface area (Å²) in [6.07, 6.45) is -0.0547. The first-order chi connectivity index (χ1) is 6.69. The molecule has 0 fully saturated rings. The minimum absolute atomic E-state index is 0.0200. The van der Waals surface area contributed by atoms with E-state index in [1.54, 1.807) is 14.2 Å². The predicted molar refractivity (Wildman–Crippen MR) is 56.4 cm³/mol. The van der Waals surface area contributed by atoms with E-state index >= 15 is 0 Å². The largest absolute Gasteiger partial charge is 0.497 e. The van der Waals surface area contributed by atoms with Gasteiger partial charge in [-0.25, -0.2) is 0 Å². The number of nitrogens with two attached hydrogens (primary N) is 1. The maximum absolute atomic E-state index is 5.79. The van der Waals surface area contributed by atoms with Crippen LogP contribution in [0.5, 0.6) is 5.75 Å². The Kier molecular flexibility index (Phi) is 3.92. The quantitative estimate of drug-likeness (QED) is 0.795. The molecular formula is C11H17NO2. The predicted octanol–water partition coefficient (Wildman–Crippen LogP) is 1.73. The van der Waals surface area contributed by atoms with E-state index in [1.807, 2.05) is 31.2 Å². The summed E-state index contributed by atoms with van der Waals surface area (Å²) >= 11 is 0. The Morgan fingerprint density at radius 3 is 2.07 bits per heavy atom. The first-order valence-electron chi connectivity index (χ1n) is 4.61. The summed E-state index contributed by atoms with van der Waals surface area (Å²) < 4.78 is 10.4. The van der Waals surface area contributed by atoms with E-state index in [1.165, 1.54) is 0 Å². The summed E-state index contributed by atoms with van der Waals surface area (Å²) in [6, 6.07) is 7.73. The second-order valence-corrected chi connectivity index (χ2v) is 3.29. The van der Waals surface area contributed by atoms with Crippen molar-refractivity contribution in [3.05, 3.63) is 29.8 Å². The first kappa shape index (κ1) is 11.0. The van der Waals surface area contributed by atoms with Gasteiger partial charge in [0.1, 0.15) is 5.75 Å². The number of hydrogen-bond acceptors (Lipinski definition) is 3. The smallest absolute Gasteiger partial charge is 0.118 e. The number of benzene rings is 1. The van der Waals surface area contributed by atoms with E-state index < -0.39 is 0 Å². The van der Waals surface area contributed by atoms with Gasteiger partial charge >= 0.3 is 0 Å². The van der Waals surface area contributed by atoms with E-state index in [-0.39, 0.29) is 12.1 Å². The molecular weight excluding hydrogens is 178 g/mol. The van der Waals surface area contributed by atoms with E-state index in [0.717, 1.165) is 11.3 Å². The molecule has 0 aliphatic rings. The van der Waals surface area contributed by atoms with Crippen LogP contribution >= 0.6 is 0 Å². The average molecular weight is 195 g/mol. The van der Waals surface area contributed by atoms with Gasteiger partial charge in [0.05, 0.1) is 13.2 Å². The van der Waals surface area contributed by atoms with Gasteiger partial charge in [-0.2, -0.15) is 0 Å². The lowest BCUT2D eigenvalue weighted by atomic mass is 10.0. The maximum Gasteiger partial charge on any atom is 0.118 e. The summed E-state index contributed by atoms with van der Waals surface area (Å²) in [5.74, 6) is 0.841. The minimum atomic E-state index is -0.0547. The monoisotopic (exact) mass is 195 g/mol. The molecule has 0 spiro atoms. The third-order valence-corrected chi connectivity index (χ3v) is 2.18. The SMILES string of the molecule is COc1ccc([C@@H](OC)[C@@H](C)N)cc1. The van der Waals surface area contributed by atoms with Gasteiger partial charge in [0.25, 0.3) is 0 Å². The van der Waals surface area contributed by atoms with Gasteiger partial charge in [-0.3, -0.25) is 0 Å². The van der Waals surface area contributed by atoms with Gasteiger partial charge in [0, 0.05) is 13.2 Å². The third kappa shape index (κ3) is 2.47. The Morgan fingerprint density at radius 2 is 1.71 bits per heavy atom. The van der Waals surface area contributed by atoms with Crippen molar-refractivity contribution in [2.45, 2.75) is 19.1 Å². The molecule has 1 aromatic rings. The van der Waals surface area contributed by atoms with Crippen molar-refractivity contribution in [3.8, 4) is 5.75 Å². The van der Waals surface area contributed by atoms with Gasteiger partial charge in [-0.15, -0.1) is 0 Å². The van der Waals surface area contributed by atoms with Crippen LogP contribution in [0.15, 0.2) is 24.3 Å². The summed E-state index contributed by atoms with van der Waals surface area (Å²) in [5.41, 5.74) is 6.87. The Bertz CT molecular complexity index is 269. The molecule has 1 aromatic carbocycles. The summed E-state index contributed by atoms with van der Waals surface area (Å²) in [6.45, 7) is 1.93. The van der Waals surface area contributed by atoms with Crippen LogP contribution in [0.3, 0.4) is 0 Å². The topological polar surface area (TPSA) is 44.5 Å². The molecule has 3 heteroatoms. The molecule has 14 heavy (non-hydrogen) atoms. The molecule has 0 amide bonds. The molecule has 0 aromatic heterocycles. The van der Waals surface area contributed by atoms with Gasteiger partial charge in [0.15, 0.2) is 0 Å². The molecule has 0 saturated carbocycles. The Balaban J connectivity index is 2.84. The molecule has 0 bridgehead atoms. The van der Waals surface area contributed by atoms with E-state index in [0.29, 0.717) is 0 Å². The minimum Gasteiger partial charge on any atom is -0.497 e. The number of methoxy groups -OCH3 is 2. The van der Waals surface area contributed by atoms with Crippen molar-refractivity contribution in [2.75, 3.05) is 14.2 Å². The normalized spacial score (nSPS) is 14.9. The molecule has 0 heterocycles. The van der Waals surface area contributed by atoms with Crippen LogP contribution in [0.25, 0.3) is 0 Å². The highest BCUT2D eigenvalue weighted by atomic mass is 16.5. The standard InChI is InChI=1S/C11H17NO2/c1-8(12)11(14-3)9-4-6-10(13-2)7-5-9/h4-8,11H,12H2,1-3H3/t8-,11+/m1/s1. The summed E-state index contributed by atoms with van der Waals surface area (Å²) in [4.78, 5) is 0. The second-order valence-electron chi connectivity index (χ2n) is 3.29. The zero-order valence-corrected chi connectivity index (χ0v) is 8.86. The fourth-order valence-corrected chi connectivity index (χ4v) is 1.45.